The third-order valence-corrected chi connectivity index (χ3v) is 2.80. The largest absolute Gasteiger partial charge is 0.378 e. The van der Waals surface area contributed by atoms with E-state index < -0.39 is 17.5 Å². The van der Waals surface area contributed by atoms with Crippen molar-refractivity contribution >= 4 is 5.69 Å². The smallest absolute Gasteiger partial charge is 0.182 e. The van der Waals surface area contributed by atoms with Crippen molar-refractivity contribution in [2.24, 2.45) is 7.05 Å². The summed E-state index contributed by atoms with van der Waals surface area (Å²) in [5, 5.41) is 6.68. The van der Waals surface area contributed by atoms with E-state index >= 15 is 0 Å². The zero-order valence-electron chi connectivity index (χ0n) is 9.97. The summed E-state index contributed by atoms with van der Waals surface area (Å²) in [5.74, 6) is -3.11. The summed E-state index contributed by atoms with van der Waals surface area (Å²) in [7, 11) is 1.78. The Labute approximate surface area is 102 Å². The molecule has 0 aliphatic heterocycles. The van der Waals surface area contributed by atoms with Crippen LogP contribution in [0.4, 0.5) is 18.9 Å². The van der Waals surface area contributed by atoms with Crippen molar-refractivity contribution in [2.75, 3.05) is 5.32 Å². The van der Waals surface area contributed by atoms with Crippen molar-refractivity contribution in [3.8, 4) is 0 Å². The van der Waals surface area contributed by atoms with Gasteiger partial charge in [-0.15, -0.1) is 0 Å². The van der Waals surface area contributed by atoms with Crippen molar-refractivity contribution < 1.29 is 13.2 Å². The molecule has 2 rings (SSSR count). The fraction of sp³-hybridized carbons (Fsp3) is 0.250. The summed E-state index contributed by atoms with van der Waals surface area (Å²) in [6.07, 6.45) is 1.62. The average Bonchev–Trinajstić information content (AvgIpc) is 2.63. The summed E-state index contributed by atoms with van der Waals surface area (Å²) in [6.45, 7) is 2.10. The SMILES string of the molecule is Cc1c(CNc2cc(F)cc(F)c2F)cnn1C. The number of hydrogen-bond donors (Lipinski definition) is 1. The van der Waals surface area contributed by atoms with Crippen LogP contribution >= 0.6 is 0 Å². The Hall–Kier alpha value is -1.98. The first-order chi connectivity index (χ1) is 8.49. The fourth-order valence-electron chi connectivity index (χ4n) is 1.59. The van der Waals surface area contributed by atoms with Crippen LogP contribution in [0.25, 0.3) is 0 Å². The van der Waals surface area contributed by atoms with Crippen LogP contribution in [0.15, 0.2) is 18.3 Å². The minimum absolute atomic E-state index is 0.198. The fourth-order valence-corrected chi connectivity index (χ4v) is 1.59. The standard InChI is InChI=1S/C12H12F3N3/c1-7-8(6-17-18(7)2)5-16-11-4-9(13)3-10(14)12(11)15/h3-4,6,16H,5H2,1-2H3. The predicted molar refractivity (Wildman–Crippen MR) is 61.6 cm³/mol. The molecular weight excluding hydrogens is 243 g/mol. The van der Waals surface area contributed by atoms with Crippen molar-refractivity contribution in [1.82, 2.24) is 9.78 Å². The topological polar surface area (TPSA) is 29.9 Å². The van der Waals surface area contributed by atoms with Gasteiger partial charge in [-0.1, -0.05) is 0 Å². The number of aryl methyl sites for hydroxylation is 1. The van der Waals surface area contributed by atoms with Gasteiger partial charge in [-0.2, -0.15) is 5.10 Å². The lowest BCUT2D eigenvalue weighted by atomic mass is 10.2. The zero-order chi connectivity index (χ0) is 13.3. The van der Waals surface area contributed by atoms with Crippen molar-refractivity contribution in [3.05, 3.63) is 47.0 Å². The molecule has 3 nitrogen and oxygen atoms in total. The van der Waals surface area contributed by atoms with E-state index in [0.29, 0.717) is 6.07 Å². The Balaban J connectivity index is 2.18. The maximum absolute atomic E-state index is 13.4. The molecule has 0 aliphatic rings. The molecule has 18 heavy (non-hydrogen) atoms. The van der Waals surface area contributed by atoms with Crippen LogP contribution in [-0.2, 0) is 13.6 Å². The Morgan fingerprint density at radius 1 is 1.28 bits per heavy atom. The van der Waals surface area contributed by atoms with Gasteiger partial charge in [0.1, 0.15) is 5.82 Å². The van der Waals surface area contributed by atoms with Crippen LogP contribution in [0, 0.1) is 24.4 Å². The van der Waals surface area contributed by atoms with Gasteiger partial charge in [-0.25, -0.2) is 13.2 Å². The van der Waals surface area contributed by atoms with Gasteiger partial charge in [-0.05, 0) is 6.92 Å². The van der Waals surface area contributed by atoms with Gasteiger partial charge >= 0.3 is 0 Å². The van der Waals surface area contributed by atoms with Gasteiger partial charge in [0.25, 0.3) is 0 Å². The number of benzene rings is 1. The van der Waals surface area contributed by atoms with Gasteiger partial charge in [0, 0.05) is 37.0 Å². The van der Waals surface area contributed by atoms with Gasteiger partial charge in [-0.3, -0.25) is 4.68 Å². The lowest BCUT2D eigenvalue weighted by molar-refractivity contribution is 0.497. The number of nitrogens with zero attached hydrogens (tertiary/aromatic N) is 2. The van der Waals surface area contributed by atoms with Crippen LogP contribution in [0.1, 0.15) is 11.3 Å². The number of halogens is 3. The molecule has 0 saturated heterocycles. The van der Waals surface area contributed by atoms with E-state index in [9.17, 15) is 13.2 Å². The second-order valence-corrected chi connectivity index (χ2v) is 3.98. The van der Waals surface area contributed by atoms with E-state index in [0.717, 1.165) is 17.3 Å². The molecule has 0 spiro atoms. The molecule has 0 saturated carbocycles. The van der Waals surface area contributed by atoms with Crippen LogP contribution in [0.2, 0.25) is 0 Å². The first-order valence-corrected chi connectivity index (χ1v) is 5.35. The summed E-state index contributed by atoms with van der Waals surface area (Å²) in [4.78, 5) is 0. The number of anilines is 1. The highest BCUT2D eigenvalue weighted by Gasteiger charge is 2.11. The second kappa shape index (κ2) is 4.72. The van der Waals surface area contributed by atoms with Crippen molar-refractivity contribution in [1.29, 1.82) is 0 Å². The Bertz CT molecular complexity index is 578. The van der Waals surface area contributed by atoms with Crippen LogP contribution in [-0.4, -0.2) is 9.78 Å². The van der Waals surface area contributed by atoms with Crippen LogP contribution in [0.3, 0.4) is 0 Å². The molecule has 2 aromatic rings. The molecule has 0 aliphatic carbocycles. The number of aromatic nitrogens is 2. The Morgan fingerprint density at radius 3 is 2.61 bits per heavy atom. The van der Waals surface area contributed by atoms with Crippen molar-refractivity contribution in [3.63, 3.8) is 0 Å². The van der Waals surface area contributed by atoms with Crippen LogP contribution < -0.4 is 5.32 Å². The summed E-state index contributed by atoms with van der Waals surface area (Å²) in [5.41, 5.74) is 1.54. The normalized spacial score (nSPS) is 10.7. The lowest BCUT2D eigenvalue weighted by Gasteiger charge is -2.08. The quantitative estimate of drug-likeness (QED) is 0.855. The highest BCUT2D eigenvalue weighted by molar-refractivity contribution is 5.46. The van der Waals surface area contributed by atoms with Gasteiger partial charge in [0.05, 0.1) is 11.9 Å². The highest BCUT2D eigenvalue weighted by atomic mass is 19.2. The molecule has 6 heteroatoms. The average molecular weight is 255 g/mol. The van der Waals surface area contributed by atoms with Gasteiger partial charge in [0.15, 0.2) is 11.6 Å². The predicted octanol–water partition coefficient (Wildman–Crippen LogP) is 2.76. The minimum Gasteiger partial charge on any atom is -0.378 e. The molecule has 0 atom stereocenters. The molecule has 1 aromatic carbocycles. The molecule has 0 fully saturated rings. The number of hydrogen-bond acceptors (Lipinski definition) is 2. The molecule has 0 unspecified atom stereocenters. The van der Waals surface area contributed by atoms with E-state index in [-0.39, 0.29) is 12.2 Å². The minimum atomic E-state index is -1.21. The maximum Gasteiger partial charge on any atom is 0.182 e. The van der Waals surface area contributed by atoms with E-state index in [4.69, 9.17) is 0 Å². The Kier molecular flexibility index (Phi) is 3.27. The molecular formula is C12H12F3N3. The molecule has 0 bridgehead atoms. The second-order valence-electron chi connectivity index (χ2n) is 3.98. The van der Waals surface area contributed by atoms with E-state index in [2.05, 4.69) is 10.4 Å². The monoisotopic (exact) mass is 255 g/mol. The van der Waals surface area contributed by atoms with E-state index in [1.165, 1.54) is 0 Å². The first kappa shape index (κ1) is 12.5. The third-order valence-electron chi connectivity index (χ3n) is 2.80. The summed E-state index contributed by atoms with van der Waals surface area (Å²) in [6, 6.07) is 1.43. The van der Waals surface area contributed by atoms with Crippen molar-refractivity contribution in [2.45, 2.75) is 13.5 Å². The number of nitrogens with one attached hydrogen (secondary N) is 1. The van der Waals surface area contributed by atoms with E-state index in [1.54, 1.807) is 17.9 Å². The molecule has 1 aromatic heterocycles. The molecule has 1 N–H and O–H groups in total. The molecule has 1 heterocycles. The Morgan fingerprint density at radius 2 is 2.00 bits per heavy atom. The first-order valence-electron chi connectivity index (χ1n) is 5.35. The lowest BCUT2D eigenvalue weighted by Crippen LogP contribution is -2.04. The molecule has 0 radical (unpaired) electrons. The number of rotatable bonds is 3. The zero-order valence-corrected chi connectivity index (χ0v) is 9.97. The molecule has 0 amide bonds. The van der Waals surface area contributed by atoms with Gasteiger partial charge < -0.3 is 5.32 Å². The highest BCUT2D eigenvalue weighted by Crippen LogP contribution is 2.20. The molecule has 96 valence electrons. The van der Waals surface area contributed by atoms with Gasteiger partial charge in [0.2, 0.25) is 0 Å². The summed E-state index contributed by atoms with van der Waals surface area (Å²) >= 11 is 0. The van der Waals surface area contributed by atoms with Crippen LogP contribution in [0.5, 0.6) is 0 Å². The maximum atomic E-state index is 13.4. The summed E-state index contributed by atoms with van der Waals surface area (Å²) < 4.78 is 41.0. The third kappa shape index (κ3) is 2.32. The van der Waals surface area contributed by atoms with E-state index in [1.807, 2.05) is 6.92 Å².